The van der Waals surface area contributed by atoms with Crippen LogP contribution in [0.5, 0.6) is 0 Å². The van der Waals surface area contributed by atoms with E-state index in [1.165, 1.54) is 12.4 Å². The van der Waals surface area contributed by atoms with Gasteiger partial charge in [-0.15, -0.1) is 4.83 Å². The highest BCUT2D eigenvalue weighted by molar-refractivity contribution is 7.89. The van der Waals surface area contributed by atoms with Crippen LogP contribution in [0.25, 0.3) is 0 Å². The zero-order valence-corrected chi connectivity index (χ0v) is 11.6. The number of hydrazine groups is 1. The maximum atomic E-state index is 11.9. The van der Waals surface area contributed by atoms with Crippen molar-refractivity contribution < 1.29 is 18.1 Å². The Morgan fingerprint density at radius 3 is 2.41 bits per heavy atom. The van der Waals surface area contributed by atoms with Crippen molar-refractivity contribution in [3.05, 3.63) is 58.7 Å². The first-order valence-corrected chi connectivity index (χ1v) is 7.21. The molecule has 2 N–H and O–H groups in total. The van der Waals surface area contributed by atoms with Crippen LogP contribution in [0.3, 0.4) is 0 Å². The Balaban J connectivity index is 2.08. The molecule has 0 radical (unpaired) electrons. The van der Waals surface area contributed by atoms with Crippen molar-refractivity contribution in [1.29, 1.82) is 0 Å². The number of sulfonamides is 1. The van der Waals surface area contributed by atoms with Crippen molar-refractivity contribution in [1.82, 2.24) is 20.2 Å². The minimum absolute atomic E-state index is 0.0751. The maximum absolute atomic E-state index is 11.9. The molecule has 0 aliphatic heterocycles. The molecule has 10 nitrogen and oxygen atoms in total. The van der Waals surface area contributed by atoms with E-state index in [0.29, 0.717) is 0 Å². The first-order valence-electron chi connectivity index (χ1n) is 5.73. The lowest BCUT2D eigenvalue weighted by molar-refractivity contribution is -0.384. The number of non-ortho nitro benzene ring substituents is 1. The summed E-state index contributed by atoms with van der Waals surface area (Å²) in [6.45, 7) is 0. The number of carbonyl (C=O) groups is 1. The fourth-order valence-electron chi connectivity index (χ4n) is 1.40. The van der Waals surface area contributed by atoms with Gasteiger partial charge in [0, 0.05) is 24.5 Å². The number of rotatable bonds is 5. The van der Waals surface area contributed by atoms with Crippen LogP contribution >= 0.6 is 0 Å². The van der Waals surface area contributed by atoms with Gasteiger partial charge in [0.2, 0.25) is 0 Å². The number of amides is 1. The summed E-state index contributed by atoms with van der Waals surface area (Å²) in [6.07, 6.45) is 3.80. The topological polar surface area (TPSA) is 144 Å². The number of nitro groups is 1. The van der Waals surface area contributed by atoms with Gasteiger partial charge in [0.25, 0.3) is 21.6 Å². The molecule has 0 saturated carbocycles. The molecule has 0 saturated heterocycles. The van der Waals surface area contributed by atoms with E-state index in [1.54, 1.807) is 0 Å². The number of aromatic nitrogens is 2. The lowest BCUT2D eigenvalue weighted by Crippen LogP contribution is -2.41. The average Bonchev–Trinajstić information content (AvgIpc) is 2.53. The first-order chi connectivity index (χ1) is 10.4. The predicted molar refractivity (Wildman–Crippen MR) is 72.9 cm³/mol. The van der Waals surface area contributed by atoms with Crippen LogP contribution in [0.2, 0.25) is 0 Å². The third-order valence-corrected chi connectivity index (χ3v) is 3.72. The molecule has 2 rings (SSSR count). The highest BCUT2D eigenvalue weighted by atomic mass is 32.2. The Morgan fingerprint density at radius 1 is 1.18 bits per heavy atom. The average molecular weight is 323 g/mol. The van der Waals surface area contributed by atoms with E-state index in [2.05, 4.69) is 9.97 Å². The molecule has 1 heterocycles. The number of benzene rings is 1. The third-order valence-electron chi connectivity index (χ3n) is 2.45. The maximum Gasteiger partial charge on any atom is 0.286 e. The number of hydrogen-bond acceptors (Lipinski definition) is 7. The van der Waals surface area contributed by atoms with E-state index in [4.69, 9.17) is 0 Å². The van der Waals surface area contributed by atoms with Gasteiger partial charge in [0.1, 0.15) is 5.69 Å². The molecule has 0 aliphatic carbocycles. The molecular weight excluding hydrogens is 314 g/mol. The summed E-state index contributed by atoms with van der Waals surface area (Å²) in [6, 6.07) is 4.18. The van der Waals surface area contributed by atoms with Gasteiger partial charge in [-0.1, -0.05) is 0 Å². The van der Waals surface area contributed by atoms with E-state index in [-0.39, 0.29) is 16.3 Å². The van der Waals surface area contributed by atoms with Crippen molar-refractivity contribution in [3.8, 4) is 0 Å². The molecule has 0 fully saturated rings. The Kier molecular flexibility index (Phi) is 4.39. The van der Waals surface area contributed by atoms with Gasteiger partial charge < -0.3 is 0 Å². The molecule has 1 aromatic heterocycles. The lowest BCUT2D eigenvalue weighted by atomic mass is 10.3. The molecule has 2 aromatic rings. The quantitative estimate of drug-likeness (QED) is 0.582. The molecule has 114 valence electrons. The fourth-order valence-corrected chi connectivity index (χ4v) is 2.24. The van der Waals surface area contributed by atoms with E-state index >= 15 is 0 Å². The third kappa shape index (κ3) is 3.59. The van der Waals surface area contributed by atoms with Crippen LogP contribution < -0.4 is 10.3 Å². The highest BCUT2D eigenvalue weighted by Gasteiger charge is 2.17. The van der Waals surface area contributed by atoms with Gasteiger partial charge in [0.15, 0.2) is 0 Å². The summed E-state index contributed by atoms with van der Waals surface area (Å²) in [5.41, 5.74) is 1.64. The van der Waals surface area contributed by atoms with Crippen LogP contribution in [0.4, 0.5) is 5.69 Å². The van der Waals surface area contributed by atoms with Crippen LogP contribution in [-0.2, 0) is 10.0 Å². The van der Waals surface area contributed by atoms with Crippen molar-refractivity contribution in [2.24, 2.45) is 0 Å². The summed E-state index contributed by atoms with van der Waals surface area (Å²) in [4.78, 5) is 30.5. The van der Waals surface area contributed by atoms with Crippen LogP contribution in [-0.4, -0.2) is 29.2 Å². The van der Waals surface area contributed by atoms with Crippen molar-refractivity contribution >= 4 is 21.6 Å². The van der Waals surface area contributed by atoms with Crippen molar-refractivity contribution in [2.45, 2.75) is 4.90 Å². The number of nitrogens with zero attached hydrogens (tertiary/aromatic N) is 3. The van der Waals surface area contributed by atoms with Gasteiger partial charge in [-0.05, 0) is 12.1 Å². The minimum Gasteiger partial charge on any atom is -0.272 e. The second kappa shape index (κ2) is 6.24. The summed E-state index contributed by atoms with van der Waals surface area (Å²) >= 11 is 0. The number of nitro benzene ring substituents is 1. The Bertz CT molecular complexity index is 791. The van der Waals surface area contributed by atoms with Crippen LogP contribution in [0.1, 0.15) is 10.5 Å². The zero-order chi connectivity index (χ0) is 16.2. The van der Waals surface area contributed by atoms with Gasteiger partial charge in [0.05, 0.1) is 16.0 Å². The predicted octanol–water partition coefficient (Wildman–Crippen LogP) is 0.00810. The largest absolute Gasteiger partial charge is 0.286 e. The smallest absolute Gasteiger partial charge is 0.272 e. The Hall–Kier alpha value is -2.92. The molecule has 0 spiro atoms. The van der Waals surface area contributed by atoms with Gasteiger partial charge in [-0.3, -0.25) is 25.3 Å². The standard InChI is InChI=1S/C11H9N5O5S/c17-11(10-7-12-5-6-13-10)14-15-22(20,21)9-3-1-8(2-4-9)16(18)19/h1-7,15H,(H,14,17). The second-order valence-corrected chi connectivity index (χ2v) is 5.58. The first kappa shape index (κ1) is 15.5. The monoisotopic (exact) mass is 323 g/mol. The van der Waals surface area contributed by atoms with E-state index in [9.17, 15) is 23.3 Å². The van der Waals surface area contributed by atoms with Gasteiger partial charge >= 0.3 is 0 Å². The van der Waals surface area contributed by atoms with E-state index < -0.39 is 20.9 Å². The molecule has 11 heteroatoms. The van der Waals surface area contributed by atoms with E-state index in [1.807, 2.05) is 10.3 Å². The SMILES string of the molecule is O=C(NNS(=O)(=O)c1ccc([N+](=O)[O-])cc1)c1cnccn1. The molecule has 22 heavy (non-hydrogen) atoms. The molecule has 1 amide bonds. The van der Waals surface area contributed by atoms with Gasteiger partial charge in [-0.2, -0.15) is 0 Å². The number of nitrogens with one attached hydrogen (secondary N) is 2. The van der Waals surface area contributed by atoms with Gasteiger partial charge in [-0.25, -0.2) is 13.4 Å². The van der Waals surface area contributed by atoms with Crippen LogP contribution in [0, 0.1) is 10.1 Å². The summed E-state index contributed by atoms with van der Waals surface area (Å²) in [5.74, 6) is -0.793. The minimum atomic E-state index is -4.06. The van der Waals surface area contributed by atoms with E-state index in [0.717, 1.165) is 30.5 Å². The Morgan fingerprint density at radius 2 is 1.86 bits per heavy atom. The Labute approximate surface area is 124 Å². The normalized spacial score (nSPS) is 10.9. The van der Waals surface area contributed by atoms with Crippen molar-refractivity contribution in [3.63, 3.8) is 0 Å². The molecule has 0 atom stereocenters. The number of carbonyl (C=O) groups excluding carboxylic acids is 1. The summed E-state index contributed by atoms with van der Waals surface area (Å²) < 4.78 is 23.8. The number of hydrogen-bond donors (Lipinski definition) is 2. The zero-order valence-electron chi connectivity index (χ0n) is 10.8. The lowest BCUT2D eigenvalue weighted by Gasteiger charge is -2.07. The molecular formula is C11H9N5O5S. The molecule has 1 aromatic carbocycles. The summed E-state index contributed by atoms with van der Waals surface area (Å²) in [7, 11) is -4.06. The molecule has 0 aliphatic rings. The highest BCUT2D eigenvalue weighted by Crippen LogP contribution is 2.15. The van der Waals surface area contributed by atoms with Crippen LogP contribution in [0.15, 0.2) is 47.8 Å². The van der Waals surface area contributed by atoms with Crippen molar-refractivity contribution in [2.75, 3.05) is 0 Å². The molecule has 0 bridgehead atoms. The second-order valence-electron chi connectivity index (χ2n) is 3.90. The fraction of sp³-hybridized carbons (Fsp3) is 0. The summed E-state index contributed by atoms with van der Waals surface area (Å²) in [5, 5.41) is 10.5. The molecule has 0 unspecified atom stereocenters.